The maximum Gasteiger partial charge on any atom is 0.255 e. The molecule has 2 aromatic rings. The Hall–Kier alpha value is -3.21. The lowest BCUT2D eigenvalue weighted by Gasteiger charge is -2.22. The van der Waals surface area contributed by atoms with Gasteiger partial charge in [0.2, 0.25) is 11.8 Å². The molecule has 0 aromatic heterocycles. The van der Waals surface area contributed by atoms with Crippen LogP contribution in [-0.4, -0.2) is 17.7 Å². The van der Waals surface area contributed by atoms with Gasteiger partial charge in [0.25, 0.3) is 5.91 Å². The van der Waals surface area contributed by atoms with Crippen molar-refractivity contribution in [2.24, 2.45) is 17.8 Å². The Bertz CT molecular complexity index is 1030. The smallest absolute Gasteiger partial charge is 0.255 e. The molecule has 31 heavy (non-hydrogen) atoms. The molecule has 160 valence electrons. The second-order valence-corrected chi connectivity index (χ2v) is 8.33. The summed E-state index contributed by atoms with van der Waals surface area (Å²) in [6.07, 6.45) is 6.27. The van der Waals surface area contributed by atoms with Crippen molar-refractivity contribution in [1.82, 2.24) is 0 Å². The van der Waals surface area contributed by atoms with Crippen LogP contribution in [0.1, 0.15) is 48.7 Å². The minimum absolute atomic E-state index is 0.0525. The zero-order valence-corrected chi connectivity index (χ0v) is 18.2. The van der Waals surface area contributed by atoms with Crippen molar-refractivity contribution in [3.8, 4) is 0 Å². The number of imide groups is 1. The maximum atomic E-state index is 13.0. The van der Waals surface area contributed by atoms with Gasteiger partial charge in [-0.3, -0.25) is 19.3 Å². The molecule has 4 rings (SSSR count). The van der Waals surface area contributed by atoms with Crippen LogP contribution >= 0.6 is 0 Å². The van der Waals surface area contributed by atoms with E-state index in [-0.39, 0.29) is 35.5 Å². The van der Waals surface area contributed by atoms with Gasteiger partial charge in [-0.1, -0.05) is 51.1 Å². The van der Waals surface area contributed by atoms with Gasteiger partial charge in [0.05, 0.1) is 17.5 Å². The number of fused-ring (bicyclic) bond motifs is 1. The highest BCUT2D eigenvalue weighted by Crippen LogP contribution is 2.40. The van der Waals surface area contributed by atoms with Crippen molar-refractivity contribution in [2.75, 3.05) is 10.2 Å². The summed E-state index contributed by atoms with van der Waals surface area (Å²) in [6.45, 7) is 6.11. The van der Waals surface area contributed by atoms with Crippen molar-refractivity contribution in [1.29, 1.82) is 0 Å². The maximum absolute atomic E-state index is 13.0. The molecule has 0 bridgehead atoms. The first kappa shape index (κ1) is 21.0. The van der Waals surface area contributed by atoms with Gasteiger partial charge in [-0.15, -0.1) is 0 Å². The molecular formula is C26H28N2O3. The average Bonchev–Trinajstić information content (AvgIpc) is 3.05. The Morgan fingerprint density at radius 3 is 2.23 bits per heavy atom. The van der Waals surface area contributed by atoms with Crippen LogP contribution in [0.25, 0.3) is 0 Å². The van der Waals surface area contributed by atoms with E-state index in [0.717, 1.165) is 29.7 Å². The highest BCUT2D eigenvalue weighted by Gasteiger charge is 2.50. The third kappa shape index (κ3) is 3.69. The Kier molecular flexibility index (Phi) is 5.77. The van der Waals surface area contributed by atoms with Gasteiger partial charge in [0.15, 0.2) is 0 Å². The SMILES string of the molecule is CCc1cccc(CC)c1NC(=O)c1ccc(N2C(=O)[C@@H]3[C@@H](C)C=CC[C@H]3C2=O)cc1. The first-order chi connectivity index (χ1) is 15.0. The first-order valence-electron chi connectivity index (χ1n) is 11.0. The number of carbonyl (C=O) groups excluding carboxylic acids is 3. The first-order valence-corrected chi connectivity index (χ1v) is 11.0. The van der Waals surface area contributed by atoms with E-state index in [4.69, 9.17) is 0 Å². The third-order valence-corrected chi connectivity index (χ3v) is 6.50. The van der Waals surface area contributed by atoms with Gasteiger partial charge >= 0.3 is 0 Å². The average molecular weight is 417 g/mol. The zero-order chi connectivity index (χ0) is 22.1. The van der Waals surface area contributed by atoms with E-state index < -0.39 is 0 Å². The topological polar surface area (TPSA) is 66.5 Å². The number of hydrogen-bond acceptors (Lipinski definition) is 3. The van der Waals surface area contributed by atoms with Gasteiger partial charge in [0, 0.05) is 11.3 Å². The van der Waals surface area contributed by atoms with Crippen molar-refractivity contribution in [3.05, 3.63) is 71.3 Å². The Labute approximate surface area is 183 Å². The number of nitrogens with zero attached hydrogens (tertiary/aromatic N) is 1. The standard InChI is InChI=1S/C26H28N2O3/c1-4-17-9-7-10-18(5-2)23(17)27-24(29)19-12-14-20(15-13-19)28-25(30)21-11-6-8-16(3)22(21)26(28)31/h6-10,12-16,21-22H,4-5,11H2,1-3H3,(H,27,29)/t16-,21+,22+/m0/s1. The lowest BCUT2D eigenvalue weighted by Crippen LogP contribution is -2.31. The summed E-state index contributed by atoms with van der Waals surface area (Å²) in [6, 6.07) is 12.8. The minimum Gasteiger partial charge on any atom is -0.321 e. The van der Waals surface area contributed by atoms with Crippen LogP contribution in [0.2, 0.25) is 0 Å². The van der Waals surface area contributed by atoms with E-state index in [1.807, 2.05) is 37.3 Å². The van der Waals surface area contributed by atoms with Gasteiger partial charge in [-0.2, -0.15) is 0 Å². The number of amides is 3. The highest BCUT2D eigenvalue weighted by atomic mass is 16.2. The molecule has 1 heterocycles. The zero-order valence-electron chi connectivity index (χ0n) is 18.2. The lowest BCUT2D eigenvalue weighted by molar-refractivity contribution is -0.122. The number of nitrogens with one attached hydrogen (secondary N) is 1. The molecular weight excluding hydrogens is 388 g/mol. The number of aryl methyl sites for hydroxylation is 2. The largest absolute Gasteiger partial charge is 0.321 e. The minimum atomic E-state index is -0.293. The molecule has 2 aliphatic rings. The van der Waals surface area contributed by atoms with Crippen molar-refractivity contribution < 1.29 is 14.4 Å². The number of para-hydroxylation sites is 1. The van der Waals surface area contributed by atoms with E-state index >= 15 is 0 Å². The molecule has 2 aromatic carbocycles. The molecule has 5 heteroatoms. The summed E-state index contributed by atoms with van der Waals surface area (Å²) >= 11 is 0. The van der Waals surface area contributed by atoms with Crippen LogP contribution < -0.4 is 10.2 Å². The molecule has 1 fully saturated rings. The fourth-order valence-electron chi connectivity index (χ4n) is 4.75. The highest BCUT2D eigenvalue weighted by molar-refractivity contribution is 6.22. The van der Waals surface area contributed by atoms with Gasteiger partial charge < -0.3 is 5.32 Å². The Balaban J connectivity index is 1.55. The second kappa shape index (κ2) is 8.50. The lowest BCUT2D eigenvalue weighted by atomic mass is 9.78. The summed E-state index contributed by atoms with van der Waals surface area (Å²) in [5, 5.41) is 3.06. The number of carbonyl (C=O) groups is 3. The van der Waals surface area contributed by atoms with E-state index in [0.29, 0.717) is 17.7 Å². The van der Waals surface area contributed by atoms with Crippen LogP contribution in [0.15, 0.2) is 54.6 Å². The van der Waals surface area contributed by atoms with Crippen LogP contribution in [0.4, 0.5) is 11.4 Å². The summed E-state index contributed by atoms with van der Waals surface area (Å²) in [5.41, 5.74) is 4.09. The Morgan fingerprint density at radius 1 is 1.00 bits per heavy atom. The molecule has 1 N–H and O–H groups in total. The molecule has 1 aliphatic carbocycles. The normalized spacial score (nSPS) is 22.5. The predicted molar refractivity (Wildman–Crippen MR) is 122 cm³/mol. The second-order valence-electron chi connectivity index (χ2n) is 8.33. The summed E-state index contributed by atoms with van der Waals surface area (Å²) in [7, 11) is 0. The van der Waals surface area contributed by atoms with Crippen LogP contribution in [0, 0.1) is 17.8 Å². The van der Waals surface area contributed by atoms with E-state index in [2.05, 4.69) is 19.2 Å². The third-order valence-electron chi connectivity index (χ3n) is 6.50. The van der Waals surface area contributed by atoms with Crippen molar-refractivity contribution >= 4 is 29.1 Å². The number of allylic oxidation sites excluding steroid dienone is 2. The molecule has 5 nitrogen and oxygen atoms in total. The molecule has 0 radical (unpaired) electrons. The van der Waals surface area contributed by atoms with Gasteiger partial charge in [-0.05, 0) is 60.6 Å². The van der Waals surface area contributed by atoms with E-state index in [1.165, 1.54) is 4.90 Å². The summed E-state index contributed by atoms with van der Waals surface area (Å²) in [4.78, 5) is 40.0. The molecule has 1 aliphatic heterocycles. The predicted octanol–water partition coefficient (Wildman–Crippen LogP) is 4.77. The van der Waals surface area contributed by atoms with E-state index in [1.54, 1.807) is 24.3 Å². The van der Waals surface area contributed by atoms with E-state index in [9.17, 15) is 14.4 Å². The van der Waals surface area contributed by atoms with Crippen molar-refractivity contribution in [3.63, 3.8) is 0 Å². The molecule has 0 unspecified atom stereocenters. The molecule has 0 spiro atoms. The van der Waals surface area contributed by atoms with Crippen LogP contribution in [0.5, 0.6) is 0 Å². The Morgan fingerprint density at radius 2 is 1.65 bits per heavy atom. The summed E-state index contributed by atoms with van der Waals surface area (Å²) in [5.74, 6) is -1.02. The fraction of sp³-hybridized carbons (Fsp3) is 0.346. The summed E-state index contributed by atoms with van der Waals surface area (Å²) < 4.78 is 0. The van der Waals surface area contributed by atoms with Crippen LogP contribution in [-0.2, 0) is 22.4 Å². The molecule has 0 saturated carbocycles. The number of hydrogen-bond donors (Lipinski definition) is 1. The number of rotatable bonds is 5. The van der Waals surface area contributed by atoms with Gasteiger partial charge in [-0.25, -0.2) is 0 Å². The number of anilines is 2. The fourth-order valence-corrected chi connectivity index (χ4v) is 4.75. The monoisotopic (exact) mass is 416 g/mol. The van der Waals surface area contributed by atoms with Gasteiger partial charge in [0.1, 0.15) is 0 Å². The van der Waals surface area contributed by atoms with Crippen LogP contribution in [0.3, 0.4) is 0 Å². The molecule has 3 amide bonds. The number of benzene rings is 2. The molecule has 3 atom stereocenters. The quantitative estimate of drug-likeness (QED) is 0.564. The molecule has 1 saturated heterocycles. The van der Waals surface area contributed by atoms with Crippen molar-refractivity contribution in [2.45, 2.75) is 40.0 Å².